The van der Waals surface area contributed by atoms with Crippen molar-refractivity contribution in [1.29, 1.82) is 0 Å². The molecule has 0 spiro atoms. The van der Waals surface area contributed by atoms with Crippen LogP contribution in [0, 0.1) is 13.8 Å². The standard InChI is InChI=1S/C23H25NO6/c1-14-5-6-18(11-15(14)2)12-20(27)8-10-23(28)24-19-7-9-21(29-16(3)25)22(13-19)30-17(4)26/h5-7,9,11,13H,8,10,12H2,1-4H3,(H,24,28). The number of ether oxygens (including phenoxy) is 2. The van der Waals surface area contributed by atoms with E-state index < -0.39 is 11.9 Å². The quantitative estimate of drug-likeness (QED) is 0.525. The van der Waals surface area contributed by atoms with Gasteiger partial charge in [0.15, 0.2) is 11.5 Å². The third-order valence-electron chi connectivity index (χ3n) is 4.34. The Labute approximate surface area is 175 Å². The van der Waals surface area contributed by atoms with Crippen molar-refractivity contribution in [2.45, 2.75) is 47.0 Å². The summed E-state index contributed by atoms with van der Waals surface area (Å²) in [6, 6.07) is 10.2. The highest BCUT2D eigenvalue weighted by Crippen LogP contribution is 2.31. The SMILES string of the molecule is CC(=O)Oc1ccc(NC(=O)CCC(=O)Cc2ccc(C)c(C)c2)cc1OC(C)=O. The molecule has 0 aliphatic rings. The summed E-state index contributed by atoms with van der Waals surface area (Å²) < 4.78 is 10.0. The number of hydrogen-bond acceptors (Lipinski definition) is 6. The number of ketones is 1. The molecular formula is C23H25NO6. The molecule has 0 heterocycles. The van der Waals surface area contributed by atoms with Gasteiger partial charge in [-0.15, -0.1) is 0 Å². The van der Waals surface area contributed by atoms with Gasteiger partial charge in [-0.3, -0.25) is 19.2 Å². The van der Waals surface area contributed by atoms with Crippen molar-refractivity contribution in [2.24, 2.45) is 0 Å². The van der Waals surface area contributed by atoms with E-state index in [1.807, 2.05) is 32.0 Å². The molecule has 1 amide bonds. The van der Waals surface area contributed by atoms with Gasteiger partial charge in [0, 0.05) is 44.9 Å². The summed E-state index contributed by atoms with van der Waals surface area (Å²) >= 11 is 0. The second kappa shape index (κ2) is 10.3. The second-order valence-corrected chi connectivity index (χ2v) is 7.03. The number of esters is 2. The molecule has 2 aromatic carbocycles. The Morgan fingerprint density at radius 2 is 1.47 bits per heavy atom. The molecule has 0 saturated heterocycles. The fourth-order valence-electron chi connectivity index (χ4n) is 2.77. The highest BCUT2D eigenvalue weighted by atomic mass is 16.6. The molecule has 0 fully saturated rings. The molecule has 0 aromatic heterocycles. The summed E-state index contributed by atoms with van der Waals surface area (Å²) in [7, 11) is 0. The van der Waals surface area contributed by atoms with E-state index in [0.717, 1.165) is 11.1 Å². The van der Waals surface area contributed by atoms with Gasteiger partial charge >= 0.3 is 11.9 Å². The van der Waals surface area contributed by atoms with Crippen molar-refractivity contribution in [3.05, 3.63) is 53.1 Å². The minimum Gasteiger partial charge on any atom is -0.423 e. The zero-order valence-electron chi connectivity index (χ0n) is 17.5. The van der Waals surface area contributed by atoms with Crippen LogP contribution in [0.15, 0.2) is 36.4 Å². The lowest BCUT2D eigenvalue weighted by atomic mass is 10.0. The van der Waals surface area contributed by atoms with E-state index in [4.69, 9.17) is 9.47 Å². The van der Waals surface area contributed by atoms with Crippen LogP contribution < -0.4 is 14.8 Å². The lowest BCUT2D eigenvalue weighted by Crippen LogP contribution is -2.15. The minimum absolute atomic E-state index is 0.0151. The number of benzene rings is 2. The summed E-state index contributed by atoms with van der Waals surface area (Å²) in [6.45, 7) is 6.44. The van der Waals surface area contributed by atoms with Crippen LogP contribution in [-0.2, 0) is 25.6 Å². The molecule has 7 nitrogen and oxygen atoms in total. The topological polar surface area (TPSA) is 98.8 Å². The number of carbonyl (C=O) groups is 4. The minimum atomic E-state index is -0.594. The highest BCUT2D eigenvalue weighted by Gasteiger charge is 2.13. The van der Waals surface area contributed by atoms with Gasteiger partial charge in [-0.05, 0) is 42.7 Å². The molecule has 0 bridgehead atoms. The molecule has 158 valence electrons. The summed E-state index contributed by atoms with van der Waals surface area (Å²) in [6.07, 6.45) is 0.418. The molecule has 0 aliphatic carbocycles. The molecule has 7 heteroatoms. The number of rotatable bonds is 8. The smallest absolute Gasteiger partial charge is 0.308 e. The maximum absolute atomic E-state index is 12.2. The number of amides is 1. The molecular weight excluding hydrogens is 386 g/mol. The van der Waals surface area contributed by atoms with E-state index >= 15 is 0 Å². The maximum Gasteiger partial charge on any atom is 0.308 e. The molecule has 1 N–H and O–H groups in total. The van der Waals surface area contributed by atoms with Crippen LogP contribution in [0.3, 0.4) is 0 Å². The third-order valence-corrected chi connectivity index (χ3v) is 4.34. The zero-order valence-corrected chi connectivity index (χ0v) is 17.5. The van der Waals surface area contributed by atoms with Gasteiger partial charge in [-0.25, -0.2) is 0 Å². The second-order valence-electron chi connectivity index (χ2n) is 7.03. The first kappa shape index (κ1) is 22.8. The van der Waals surface area contributed by atoms with Gasteiger partial charge in [0.1, 0.15) is 5.78 Å². The summed E-state index contributed by atoms with van der Waals surface area (Å²) in [4.78, 5) is 46.8. The van der Waals surface area contributed by atoms with Crippen LogP contribution in [0.2, 0.25) is 0 Å². The molecule has 0 aliphatic heterocycles. The van der Waals surface area contributed by atoms with Crippen LogP contribution in [0.5, 0.6) is 11.5 Å². The Bertz CT molecular complexity index is 980. The van der Waals surface area contributed by atoms with Crippen molar-refractivity contribution in [2.75, 3.05) is 5.32 Å². The van der Waals surface area contributed by atoms with Gasteiger partial charge in [-0.1, -0.05) is 18.2 Å². The largest absolute Gasteiger partial charge is 0.423 e. The Kier molecular flexibility index (Phi) is 7.86. The van der Waals surface area contributed by atoms with Crippen molar-refractivity contribution in [3.8, 4) is 11.5 Å². The predicted octanol–water partition coefficient (Wildman–Crippen LogP) is 3.68. The molecule has 0 saturated carbocycles. The van der Waals surface area contributed by atoms with Gasteiger partial charge < -0.3 is 14.8 Å². The van der Waals surface area contributed by atoms with Crippen LogP contribution in [0.4, 0.5) is 5.69 Å². The summed E-state index contributed by atoms with van der Waals surface area (Å²) in [5.41, 5.74) is 3.57. The number of hydrogen-bond donors (Lipinski definition) is 1. The third kappa shape index (κ3) is 7.16. The van der Waals surface area contributed by atoms with E-state index in [9.17, 15) is 19.2 Å². The fourth-order valence-corrected chi connectivity index (χ4v) is 2.77. The van der Waals surface area contributed by atoms with E-state index in [0.29, 0.717) is 5.69 Å². The van der Waals surface area contributed by atoms with Crippen molar-refractivity contribution >= 4 is 29.3 Å². The van der Waals surface area contributed by atoms with Crippen molar-refractivity contribution < 1.29 is 28.7 Å². The average Bonchev–Trinajstić information content (AvgIpc) is 2.64. The molecule has 2 aromatic rings. The number of nitrogens with one attached hydrogen (secondary N) is 1. The first-order valence-electron chi connectivity index (χ1n) is 9.52. The normalized spacial score (nSPS) is 10.3. The van der Waals surface area contributed by atoms with Gasteiger partial charge in [-0.2, -0.15) is 0 Å². The molecule has 30 heavy (non-hydrogen) atoms. The zero-order chi connectivity index (χ0) is 22.3. The Balaban J connectivity index is 1.94. The van der Waals surface area contributed by atoms with Crippen molar-refractivity contribution in [1.82, 2.24) is 0 Å². The van der Waals surface area contributed by atoms with Crippen LogP contribution in [0.25, 0.3) is 0 Å². The summed E-state index contributed by atoms with van der Waals surface area (Å²) in [5.74, 6) is -1.46. The van der Waals surface area contributed by atoms with Gasteiger partial charge in [0.05, 0.1) is 0 Å². The predicted molar refractivity (Wildman–Crippen MR) is 112 cm³/mol. The molecule has 2 rings (SSSR count). The Morgan fingerprint density at radius 1 is 0.800 bits per heavy atom. The Morgan fingerprint density at radius 3 is 2.10 bits per heavy atom. The Hall–Kier alpha value is -3.48. The summed E-state index contributed by atoms with van der Waals surface area (Å²) in [5, 5.41) is 2.65. The lowest BCUT2D eigenvalue weighted by Gasteiger charge is -2.11. The van der Waals surface area contributed by atoms with Gasteiger partial charge in [0.2, 0.25) is 5.91 Å². The fraction of sp³-hybridized carbons (Fsp3) is 0.304. The number of Topliss-reactive ketones (excluding diaryl/α,β-unsaturated/α-hetero) is 1. The molecule has 0 unspecified atom stereocenters. The molecule has 0 atom stereocenters. The van der Waals surface area contributed by atoms with Crippen LogP contribution in [-0.4, -0.2) is 23.6 Å². The lowest BCUT2D eigenvalue weighted by molar-refractivity contribution is -0.134. The average molecular weight is 411 g/mol. The van der Waals surface area contributed by atoms with E-state index in [2.05, 4.69) is 5.32 Å². The van der Waals surface area contributed by atoms with Gasteiger partial charge in [0.25, 0.3) is 0 Å². The van der Waals surface area contributed by atoms with E-state index in [-0.39, 0.29) is 42.5 Å². The van der Waals surface area contributed by atoms with E-state index in [1.54, 1.807) is 0 Å². The van der Waals surface area contributed by atoms with E-state index in [1.165, 1.54) is 37.6 Å². The van der Waals surface area contributed by atoms with Crippen LogP contribution in [0.1, 0.15) is 43.4 Å². The number of aryl methyl sites for hydroxylation is 2. The van der Waals surface area contributed by atoms with Crippen molar-refractivity contribution in [3.63, 3.8) is 0 Å². The molecule has 0 radical (unpaired) electrons. The first-order valence-corrected chi connectivity index (χ1v) is 9.52. The maximum atomic E-state index is 12.2. The number of anilines is 1. The van der Waals surface area contributed by atoms with Crippen LogP contribution >= 0.6 is 0 Å². The monoisotopic (exact) mass is 411 g/mol. The highest BCUT2D eigenvalue weighted by molar-refractivity contribution is 5.94. The number of carbonyl (C=O) groups excluding carboxylic acids is 4. The first-order chi connectivity index (χ1) is 14.1.